The maximum absolute atomic E-state index is 13.5. The Morgan fingerprint density at radius 1 is 1.30 bits per heavy atom. The van der Waals surface area contributed by atoms with Gasteiger partial charge in [0, 0.05) is 6.04 Å². The van der Waals surface area contributed by atoms with Crippen LogP contribution in [0.1, 0.15) is 31.0 Å². The number of hydrogen-bond donors (Lipinski definition) is 1. The van der Waals surface area contributed by atoms with Gasteiger partial charge in [-0.2, -0.15) is 13.2 Å². The highest BCUT2D eigenvalue weighted by molar-refractivity contribution is 5.77. The van der Waals surface area contributed by atoms with Gasteiger partial charge in [-0.3, -0.25) is 4.79 Å². The maximum atomic E-state index is 13.5. The van der Waals surface area contributed by atoms with Gasteiger partial charge in [-0.1, -0.05) is 6.07 Å². The molecular formula is C13H15F4NO2. The molecule has 0 bridgehead atoms. The fraction of sp³-hybridized carbons (Fsp3) is 0.462. The van der Waals surface area contributed by atoms with Crippen molar-refractivity contribution in [3.05, 3.63) is 35.1 Å². The average Bonchev–Trinajstić information content (AvgIpc) is 2.34. The summed E-state index contributed by atoms with van der Waals surface area (Å²) in [7, 11) is 1.17. The number of rotatable bonds is 3. The summed E-state index contributed by atoms with van der Waals surface area (Å²) < 4.78 is 55.4. The number of benzene rings is 1. The lowest BCUT2D eigenvalue weighted by atomic mass is 9.81. The molecule has 0 aliphatic carbocycles. The predicted molar refractivity (Wildman–Crippen MR) is 64.1 cm³/mol. The summed E-state index contributed by atoms with van der Waals surface area (Å²) in [5, 5.41) is 0. The van der Waals surface area contributed by atoms with Gasteiger partial charge in [0.25, 0.3) is 0 Å². The lowest BCUT2D eigenvalue weighted by molar-refractivity contribution is -0.152. The third kappa shape index (κ3) is 3.09. The smallest absolute Gasteiger partial charge is 0.419 e. The van der Waals surface area contributed by atoms with Crippen molar-refractivity contribution < 1.29 is 27.1 Å². The van der Waals surface area contributed by atoms with E-state index in [0.29, 0.717) is 12.1 Å². The first-order valence-corrected chi connectivity index (χ1v) is 5.72. The number of carbonyl (C=O) groups is 1. The fourth-order valence-corrected chi connectivity index (χ4v) is 1.76. The molecule has 0 saturated heterocycles. The maximum Gasteiger partial charge on any atom is 0.419 e. The molecule has 0 spiro atoms. The minimum absolute atomic E-state index is 0.0888. The Morgan fingerprint density at radius 3 is 2.25 bits per heavy atom. The molecule has 0 fully saturated rings. The number of ether oxygens (including phenoxy) is 1. The van der Waals surface area contributed by atoms with Gasteiger partial charge in [0.2, 0.25) is 0 Å². The molecule has 1 rings (SSSR count). The molecule has 1 aromatic rings. The minimum Gasteiger partial charge on any atom is -0.469 e. The highest BCUT2D eigenvalue weighted by atomic mass is 19.4. The van der Waals surface area contributed by atoms with Crippen molar-refractivity contribution in [2.75, 3.05) is 7.11 Å². The summed E-state index contributed by atoms with van der Waals surface area (Å²) in [4.78, 5) is 11.6. The van der Waals surface area contributed by atoms with Gasteiger partial charge in [0.05, 0.1) is 18.1 Å². The molecule has 112 valence electrons. The first-order valence-electron chi connectivity index (χ1n) is 5.72. The van der Waals surface area contributed by atoms with Gasteiger partial charge in [-0.15, -0.1) is 0 Å². The van der Waals surface area contributed by atoms with Gasteiger partial charge < -0.3 is 10.5 Å². The molecule has 0 unspecified atom stereocenters. The summed E-state index contributed by atoms with van der Waals surface area (Å²) in [5.74, 6) is -2.06. The number of alkyl halides is 3. The van der Waals surface area contributed by atoms with E-state index >= 15 is 0 Å². The summed E-state index contributed by atoms with van der Waals surface area (Å²) >= 11 is 0. The third-order valence-electron chi connectivity index (χ3n) is 3.15. The van der Waals surface area contributed by atoms with E-state index < -0.39 is 35.0 Å². The highest BCUT2D eigenvalue weighted by Crippen LogP contribution is 2.36. The Labute approximate surface area is 113 Å². The number of carbonyl (C=O) groups excluding carboxylic acids is 1. The van der Waals surface area contributed by atoms with E-state index in [1.54, 1.807) is 0 Å². The zero-order valence-electron chi connectivity index (χ0n) is 11.2. The van der Waals surface area contributed by atoms with E-state index in [2.05, 4.69) is 4.74 Å². The van der Waals surface area contributed by atoms with E-state index in [1.165, 1.54) is 21.0 Å². The summed E-state index contributed by atoms with van der Waals surface area (Å²) in [6, 6.07) is 1.36. The van der Waals surface area contributed by atoms with Crippen LogP contribution in [0.5, 0.6) is 0 Å². The molecule has 0 aliphatic rings. The van der Waals surface area contributed by atoms with Crippen LogP contribution in [0.15, 0.2) is 18.2 Å². The van der Waals surface area contributed by atoms with Crippen molar-refractivity contribution in [1.29, 1.82) is 0 Å². The normalized spacial score (nSPS) is 14.0. The molecule has 2 N–H and O–H groups in total. The Balaban J connectivity index is 3.17. The van der Waals surface area contributed by atoms with E-state index in [1.807, 2.05) is 0 Å². The number of hydrogen-bond acceptors (Lipinski definition) is 3. The first kappa shape index (κ1) is 16.4. The second kappa shape index (κ2) is 5.40. The molecular weight excluding hydrogens is 278 g/mol. The number of nitrogens with two attached hydrogens (primary N) is 1. The average molecular weight is 293 g/mol. The largest absolute Gasteiger partial charge is 0.469 e. The Hall–Kier alpha value is -1.63. The number of esters is 1. The molecule has 0 radical (unpaired) electrons. The predicted octanol–water partition coefficient (Wildman–Crippen LogP) is 3.04. The molecule has 1 atom stereocenters. The van der Waals surface area contributed by atoms with Crippen LogP contribution in [0.25, 0.3) is 0 Å². The van der Waals surface area contributed by atoms with Gasteiger partial charge >= 0.3 is 12.1 Å². The van der Waals surface area contributed by atoms with E-state index in [9.17, 15) is 22.4 Å². The highest BCUT2D eigenvalue weighted by Gasteiger charge is 2.38. The van der Waals surface area contributed by atoms with E-state index in [-0.39, 0.29) is 5.56 Å². The van der Waals surface area contributed by atoms with Crippen LogP contribution >= 0.6 is 0 Å². The molecule has 0 amide bonds. The van der Waals surface area contributed by atoms with Crippen molar-refractivity contribution in [2.45, 2.75) is 26.1 Å². The molecule has 3 nitrogen and oxygen atoms in total. The standard InChI is InChI=1S/C13H15F4NO2/c1-12(2,11(19)20-3)10(18)7-4-5-8(9(14)6-7)13(15,16)17/h4-6,10H,18H2,1-3H3/t10-/m0/s1. The van der Waals surface area contributed by atoms with Gasteiger partial charge in [0.1, 0.15) is 5.82 Å². The van der Waals surface area contributed by atoms with E-state index in [4.69, 9.17) is 5.73 Å². The van der Waals surface area contributed by atoms with Crippen LogP contribution in [0, 0.1) is 11.2 Å². The van der Waals surface area contributed by atoms with Gasteiger partial charge in [-0.05, 0) is 31.5 Å². The summed E-state index contributed by atoms with van der Waals surface area (Å²) in [5.41, 5.74) is 3.35. The van der Waals surface area contributed by atoms with Gasteiger partial charge in [-0.25, -0.2) is 4.39 Å². The molecule has 0 heterocycles. The molecule has 0 saturated carbocycles. The van der Waals surface area contributed by atoms with Gasteiger partial charge in [0.15, 0.2) is 0 Å². The van der Waals surface area contributed by atoms with Crippen LogP contribution in [0.2, 0.25) is 0 Å². The zero-order chi connectivity index (χ0) is 15.7. The number of methoxy groups -OCH3 is 1. The molecule has 0 aliphatic heterocycles. The molecule has 0 aromatic heterocycles. The van der Waals surface area contributed by atoms with Crippen LogP contribution in [-0.2, 0) is 15.7 Å². The molecule has 20 heavy (non-hydrogen) atoms. The van der Waals surface area contributed by atoms with Crippen molar-refractivity contribution in [3.63, 3.8) is 0 Å². The fourth-order valence-electron chi connectivity index (χ4n) is 1.76. The van der Waals surface area contributed by atoms with Crippen molar-refractivity contribution in [2.24, 2.45) is 11.1 Å². The monoisotopic (exact) mass is 293 g/mol. The lowest BCUT2D eigenvalue weighted by Crippen LogP contribution is -2.37. The Kier molecular flexibility index (Phi) is 4.43. The zero-order valence-corrected chi connectivity index (χ0v) is 11.2. The summed E-state index contributed by atoms with van der Waals surface area (Å²) in [6.07, 6.45) is -4.77. The SMILES string of the molecule is COC(=O)C(C)(C)[C@@H](N)c1ccc(C(F)(F)F)c(F)c1. The quantitative estimate of drug-likeness (QED) is 0.688. The van der Waals surface area contributed by atoms with Crippen LogP contribution in [0.4, 0.5) is 17.6 Å². The molecule has 1 aromatic carbocycles. The topological polar surface area (TPSA) is 52.3 Å². The third-order valence-corrected chi connectivity index (χ3v) is 3.15. The minimum atomic E-state index is -4.77. The number of halogens is 4. The van der Waals surface area contributed by atoms with Crippen LogP contribution in [-0.4, -0.2) is 13.1 Å². The first-order chi connectivity index (χ1) is 9.01. The van der Waals surface area contributed by atoms with Crippen LogP contribution in [0.3, 0.4) is 0 Å². The Bertz CT molecular complexity index is 512. The van der Waals surface area contributed by atoms with E-state index in [0.717, 1.165) is 6.07 Å². The van der Waals surface area contributed by atoms with Crippen molar-refractivity contribution in [3.8, 4) is 0 Å². The second-order valence-corrected chi connectivity index (χ2v) is 4.93. The van der Waals surface area contributed by atoms with Crippen LogP contribution < -0.4 is 5.73 Å². The molecule has 7 heteroatoms. The summed E-state index contributed by atoms with van der Waals surface area (Å²) in [6.45, 7) is 2.94. The second-order valence-electron chi connectivity index (χ2n) is 4.93. The Morgan fingerprint density at radius 2 is 1.85 bits per heavy atom. The van der Waals surface area contributed by atoms with Crippen molar-refractivity contribution >= 4 is 5.97 Å². The lowest BCUT2D eigenvalue weighted by Gasteiger charge is -2.29. The van der Waals surface area contributed by atoms with Crippen molar-refractivity contribution in [1.82, 2.24) is 0 Å².